The highest BCUT2D eigenvalue weighted by atomic mass is 31.2. The Morgan fingerprint density at radius 2 is 2.08 bits per heavy atom. The molecule has 1 saturated heterocycles. The number of phosphoric acid groups is 1. The number of nitrogen functional groups attached to an aromatic ring is 1. The molecule has 4 N–H and O–H groups in total. The minimum Gasteiger partial charge on any atom is -0.385 e. The van der Waals surface area contributed by atoms with E-state index >= 15 is 0 Å². The lowest BCUT2D eigenvalue weighted by atomic mass is 10.2. The Balaban J connectivity index is 1.86. The van der Waals surface area contributed by atoms with E-state index in [2.05, 4.69) is 24.0 Å². The first-order valence-electron chi connectivity index (χ1n) is 7.24. The van der Waals surface area contributed by atoms with Crippen molar-refractivity contribution >= 4 is 30.8 Å². The molecule has 1 unspecified atom stereocenters. The van der Waals surface area contributed by atoms with Gasteiger partial charge < -0.3 is 25.2 Å². The van der Waals surface area contributed by atoms with Crippen LogP contribution < -0.4 is 5.73 Å². The average Bonchev–Trinajstić information content (AvgIpc) is 3.12. The number of hydrogen-bond acceptors (Lipinski definition) is 12. The molecule has 1 aliphatic heterocycles. The predicted molar refractivity (Wildman–Crippen MR) is 83.1 cm³/mol. The lowest BCUT2D eigenvalue weighted by Gasteiger charge is -2.20. The van der Waals surface area contributed by atoms with Gasteiger partial charge in [0.25, 0.3) is 0 Å². The number of aliphatic hydroxyl groups is 2. The van der Waals surface area contributed by atoms with E-state index in [4.69, 9.17) is 15.0 Å². The molecule has 0 saturated carbocycles. The van der Waals surface area contributed by atoms with Crippen LogP contribution in [-0.2, 0) is 27.7 Å². The molecule has 13 nitrogen and oxygen atoms in total. The summed E-state index contributed by atoms with van der Waals surface area (Å²) in [4.78, 5) is 22.9. The van der Waals surface area contributed by atoms with Crippen molar-refractivity contribution in [3.05, 3.63) is 12.7 Å². The largest absolute Gasteiger partial charge is 0.534 e. The lowest BCUT2D eigenvalue weighted by Crippen LogP contribution is -2.32. The van der Waals surface area contributed by atoms with Crippen LogP contribution in [0.25, 0.3) is 11.2 Å². The van der Waals surface area contributed by atoms with E-state index in [9.17, 15) is 19.6 Å². The van der Waals surface area contributed by atoms with Gasteiger partial charge in [-0.15, -0.1) is 0 Å². The molecule has 3 heterocycles. The van der Waals surface area contributed by atoms with Crippen molar-refractivity contribution in [3.63, 3.8) is 0 Å². The lowest BCUT2D eigenvalue weighted by molar-refractivity contribution is -0.147. The summed E-state index contributed by atoms with van der Waals surface area (Å²) in [5, 5.41) is 20.4. The molecule has 0 bridgehead atoms. The fourth-order valence-electron chi connectivity index (χ4n) is 2.39. The number of phosphoric ester groups is 1. The third-order valence-electron chi connectivity index (χ3n) is 3.55. The van der Waals surface area contributed by atoms with Gasteiger partial charge in [-0.05, 0) is 0 Å². The normalized spacial score (nSPS) is 28.2. The van der Waals surface area contributed by atoms with Crippen molar-refractivity contribution in [2.75, 3.05) is 12.8 Å². The zero-order valence-electron chi connectivity index (χ0n) is 13.6. The molecule has 0 amide bonds. The molecule has 2 aromatic heterocycles. The molecule has 3 rings (SSSR count). The summed E-state index contributed by atoms with van der Waals surface area (Å²) in [5.74, 6) is -0.805. The second-order valence-corrected chi connectivity index (χ2v) is 6.93. The van der Waals surface area contributed by atoms with Crippen molar-refractivity contribution in [1.29, 1.82) is 0 Å². The topological polar surface area (TPSA) is 181 Å². The fourth-order valence-corrected chi connectivity index (χ4v) is 3.34. The molecule has 0 aliphatic carbocycles. The third-order valence-corrected chi connectivity index (χ3v) is 4.95. The predicted octanol–water partition coefficient (Wildman–Crippen LogP) is -0.681. The monoisotopic (exact) mass is 389 g/mol. The van der Waals surface area contributed by atoms with Crippen LogP contribution in [-0.4, -0.2) is 61.3 Å². The van der Waals surface area contributed by atoms with E-state index in [0.717, 1.165) is 14.0 Å². The Bertz CT molecular complexity index is 874. The minimum absolute atomic E-state index is 0.119. The van der Waals surface area contributed by atoms with Crippen LogP contribution in [0.1, 0.15) is 13.2 Å². The fraction of sp³-hybridized carbons (Fsp3) is 0.500. The van der Waals surface area contributed by atoms with E-state index < -0.39 is 38.5 Å². The van der Waals surface area contributed by atoms with Gasteiger partial charge in [0.15, 0.2) is 17.7 Å². The molecule has 0 aromatic carbocycles. The Hall–Kier alpha value is -2.15. The molecular formula is C12H16N5O8P. The van der Waals surface area contributed by atoms with Crippen LogP contribution in [0.15, 0.2) is 12.7 Å². The van der Waals surface area contributed by atoms with Crippen molar-refractivity contribution < 1.29 is 37.9 Å². The molecule has 0 spiro atoms. The number of rotatable bonds is 5. The van der Waals surface area contributed by atoms with Crippen molar-refractivity contribution in [3.8, 4) is 0 Å². The van der Waals surface area contributed by atoms with E-state index in [-0.39, 0.29) is 17.0 Å². The Kier molecular flexibility index (Phi) is 4.92. The molecule has 14 heteroatoms. The second kappa shape index (κ2) is 6.87. The summed E-state index contributed by atoms with van der Waals surface area (Å²) < 4.78 is 33.0. The van der Waals surface area contributed by atoms with Gasteiger partial charge in [-0.3, -0.25) is 13.9 Å². The Labute approximate surface area is 146 Å². The molecular weight excluding hydrogens is 373 g/mol. The first kappa shape index (κ1) is 18.6. The Morgan fingerprint density at radius 1 is 1.35 bits per heavy atom. The number of ether oxygens (including phenoxy) is 1. The van der Waals surface area contributed by atoms with Gasteiger partial charge in [0.05, 0.1) is 6.33 Å². The van der Waals surface area contributed by atoms with Crippen LogP contribution in [0.5, 0.6) is 0 Å². The standard InChI is InChI=1S/C12H16N5O8P/c1-5(18)24-26(21,22-2)25-12-8(20)7(19)11(23-12)17-4-16-6-9(13)14-3-15-10(6)17/h3-4,7-8,11-12,19-20H,1-2H3,(H2,13,14,15)/t7-,8+,11-,12-,26?/m1/s1. The number of anilines is 1. The number of hydrogen-bond donors (Lipinski definition) is 3. The van der Waals surface area contributed by atoms with Gasteiger partial charge in [-0.25, -0.2) is 24.0 Å². The number of carbonyl (C=O) groups excluding carboxylic acids is 1. The van der Waals surface area contributed by atoms with Gasteiger partial charge in [-0.2, -0.15) is 0 Å². The highest BCUT2D eigenvalue weighted by Crippen LogP contribution is 2.52. The van der Waals surface area contributed by atoms with E-state index in [0.29, 0.717) is 0 Å². The van der Waals surface area contributed by atoms with Crippen LogP contribution in [0.4, 0.5) is 5.82 Å². The van der Waals surface area contributed by atoms with Crippen LogP contribution in [0.2, 0.25) is 0 Å². The van der Waals surface area contributed by atoms with Gasteiger partial charge >= 0.3 is 13.8 Å². The van der Waals surface area contributed by atoms with Gasteiger partial charge in [0, 0.05) is 14.0 Å². The Morgan fingerprint density at radius 3 is 2.73 bits per heavy atom. The maximum atomic E-state index is 12.2. The summed E-state index contributed by atoms with van der Waals surface area (Å²) in [7, 11) is -3.36. The quantitative estimate of drug-likeness (QED) is 0.549. The number of nitrogens with zero attached hydrogens (tertiary/aromatic N) is 4. The molecule has 26 heavy (non-hydrogen) atoms. The molecule has 0 radical (unpaired) electrons. The zero-order valence-corrected chi connectivity index (χ0v) is 14.5. The number of aliphatic hydroxyl groups excluding tert-OH is 2. The highest BCUT2D eigenvalue weighted by Gasteiger charge is 2.49. The highest BCUT2D eigenvalue weighted by molar-refractivity contribution is 7.49. The molecule has 5 atom stereocenters. The van der Waals surface area contributed by atoms with Crippen molar-refractivity contribution in [1.82, 2.24) is 19.5 Å². The van der Waals surface area contributed by atoms with Gasteiger partial charge in [-0.1, -0.05) is 0 Å². The zero-order chi connectivity index (χ0) is 19.1. The van der Waals surface area contributed by atoms with Crippen molar-refractivity contribution in [2.24, 2.45) is 0 Å². The smallest absolute Gasteiger partial charge is 0.385 e. The van der Waals surface area contributed by atoms with Gasteiger partial charge in [0.1, 0.15) is 24.1 Å². The summed E-state index contributed by atoms with van der Waals surface area (Å²) in [6.07, 6.45) is -3.47. The van der Waals surface area contributed by atoms with Crippen LogP contribution in [0.3, 0.4) is 0 Å². The second-order valence-electron chi connectivity index (χ2n) is 5.28. The maximum absolute atomic E-state index is 12.2. The summed E-state index contributed by atoms with van der Waals surface area (Å²) in [6, 6.07) is 0. The van der Waals surface area contributed by atoms with Crippen LogP contribution in [0, 0.1) is 0 Å². The van der Waals surface area contributed by atoms with E-state index in [1.54, 1.807) is 0 Å². The number of fused-ring (bicyclic) bond motifs is 1. The van der Waals surface area contributed by atoms with Crippen LogP contribution >= 0.6 is 7.82 Å². The van der Waals surface area contributed by atoms with E-state index in [1.807, 2.05) is 0 Å². The number of nitrogens with two attached hydrogens (primary N) is 1. The van der Waals surface area contributed by atoms with Crippen molar-refractivity contribution in [2.45, 2.75) is 31.6 Å². The number of carbonyl (C=O) groups is 1. The third kappa shape index (κ3) is 3.28. The SMILES string of the molecule is COP(=O)(OC(C)=O)O[C@H]1O[C@@H](n2cnc3c(N)ncnc32)[C@H](O)[C@@H]1O. The summed E-state index contributed by atoms with van der Waals surface area (Å²) in [6.45, 7) is 1.00. The number of imidazole rings is 1. The average molecular weight is 389 g/mol. The summed E-state index contributed by atoms with van der Waals surface area (Å²) in [5.41, 5.74) is 6.21. The first-order valence-corrected chi connectivity index (χ1v) is 8.70. The molecule has 142 valence electrons. The molecule has 1 fully saturated rings. The van der Waals surface area contributed by atoms with Gasteiger partial charge in [0.2, 0.25) is 6.29 Å². The first-order chi connectivity index (χ1) is 12.3. The number of aromatic nitrogens is 4. The molecule has 1 aliphatic rings. The summed E-state index contributed by atoms with van der Waals surface area (Å²) >= 11 is 0. The maximum Gasteiger partial charge on any atom is 0.534 e. The van der Waals surface area contributed by atoms with E-state index in [1.165, 1.54) is 17.2 Å². The molecule has 2 aromatic rings. The minimum atomic E-state index is -4.34.